The number of likely N-dealkylation sites (N-methyl/N-ethyl adjacent to an activating group) is 1. The van der Waals surface area contributed by atoms with Crippen LogP contribution in [0, 0.1) is 0 Å². The van der Waals surface area contributed by atoms with Gasteiger partial charge in [-0.25, -0.2) is 4.99 Å². The Labute approximate surface area is 182 Å². The Morgan fingerprint density at radius 1 is 0.828 bits per heavy atom. The Bertz CT molecular complexity index is 421. The maximum absolute atomic E-state index is 9.39. The highest BCUT2D eigenvalue weighted by atomic mass is 16.3. The lowest BCUT2D eigenvalue weighted by Gasteiger charge is -2.37. The largest absolute Gasteiger partial charge is 0.391 e. The summed E-state index contributed by atoms with van der Waals surface area (Å²) in [5.74, 6) is 0. The molecule has 1 N–H and O–H groups in total. The van der Waals surface area contributed by atoms with Crippen molar-refractivity contribution in [3.05, 3.63) is 12.2 Å². The molecule has 3 nitrogen and oxygen atoms in total. The van der Waals surface area contributed by atoms with Gasteiger partial charge in [0.1, 0.15) is 13.1 Å². The highest BCUT2D eigenvalue weighted by Crippen LogP contribution is 2.24. The zero-order valence-electron chi connectivity index (χ0n) is 19.8. The Balaban J connectivity index is 1.87. The number of allylic oxidation sites excluding steroid dienone is 2. The topological polar surface area (TPSA) is 32.6 Å². The minimum atomic E-state index is 0.281. The first kappa shape index (κ1) is 26.4. The molecule has 0 spiro atoms. The average molecular weight is 408 g/mol. The van der Waals surface area contributed by atoms with Crippen molar-refractivity contribution in [1.29, 1.82) is 0 Å². The molecule has 170 valence electrons. The Morgan fingerprint density at radius 2 is 1.38 bits per heavy atom. The Morgan fingerprint density at radius 3 is 1.93 bits per heavy atom. The average Bonchev–Trinajstić information content (AvgIpc) is 3.13. The number of hydrogen-bond acceptors (Lipinski definition) is 2. The summed E-state index contributed by atoms with van der Waals surface area (Å²) in [5.41, 5.74) is 0. The van der Waals surface area contributed by atoms with E-state index in [-0.39, 0.29) is 6.61 Å². The van der Waals surface area contributed by atoms with Crippen LogP contribution in [0.15, 0.2) is 17.1 Å². The van der Waals surface area contributed by atoms with Gasteiger partial charge in [-0.1, -0.05) is 83.3 Å². The predicted molar refractivity (Wildman–Crippen MR) is 129 cm³/mol. The molecule has 0 amide bonds. The first-order chi connectivity index (χ1) is 14.3. The molecule has 0 saturated carbocycles. The van der Waals surface area contributed by atoms with Crippen LogP contribution in [0.25, 0.3) is 0 Å². The summed E-state index contributed by atoms with van der Waals surface area (Å²) in [7, 11) is 0. The third-order valence-corrected chi connectivity index (χ3v) is 6.75. The van der Waals surface area contributed by atoms with E-state index in [1.165, 1.54) is 103 Å². The van der Waals surface area contributed by atoms with Gasteiger partial charge in [0.25, 0.3) is 0 Å². The second-order valence-corrected chi connectivity index (χ2v) is 9.06. The fourth-order valence-corrected chi connectivity index (χ4v) is 4.63. The van der Waals surface area contributed by atoms with Crippen molar-refractivity contribution in [1.82, 2.24) is 0 Å². The number of rotatable bonds is 20. The van der Waals surface area contributed by atoms with Gasteiger partial charge in [0, 0.05) is 6.42 Å². The van der Waals surface area contributed by atoms with Gasteiger partial charge in [0.15, 0.2) is 6.17 Å². The molecule has 3 heteroatoms. The van der Waals surface area contributed by atoms with E-state index >= 15 is 0 Å². The quantitative estimate of drug-likeness (QED) is 0.131. The fraction of sp³-hybridized carbons (Fsp3) is 0.885. The van der Waals surface area contributed by atoms with E-state index in [0.717, 1.165) is 24.1 Å². The molecule has 0 fully saturated rings. The zero-order chi connectivity index (χ0) is 21.0. The van der Waals surface area contributed by atoms with Gasteiger partial charge in [-0.2, -0.15) is 0 Å². The third kappa shape index (κ3) is 11.9. The van der Waals surface area contributed by atoms with Gasteiger partial charge < -0.3 is 5.11 Å². The fourth-order valence-electron chi connectivity index (χ4n) is 4.63. The van der Waals surface area contributed by atoms with E-state index in [1.54, 1.807) is 0 Å². The highest BCUT2D eigenvalue weighted by Gasteiger charge is 2.36. The van der Waals surface area contributed by atoms with Gasteiger partial charge in [0.2, 0.25) is 0 Å². The minimum Gasteiger partial charge on any atom is -0.391 e. The molecular formula is C26H51N2O+. The number of quaternary nitrogens is 1. The minimum absolute atomic E-state index is 0.281. The Hall–Kier alpha value is -0.670. The zero-order valence-corrected chi connectivity index (χ0v) is 19.8. The van der Waals surface area contributed by atoms with Gasteiger partial charge in [-0.3, -0.25) is 4.48 Å². The third-order valence-electron chi connectivity index (χ3n) is 6.75. The van der Waals surface area contributed by atoms with Crippen molar-refractivity contribution in [2.75, 3.05) is 26.2 Å². The van der Waals surface area contributed by atoms with E-state index in [4.69, 9.17) is 4.99 Å². The number of aliphatic imine (C=N–C) groups is 1. The number of nitrogens with zero attached hydrogens (tertiary/aromatic N) is 2. The van der Waals surface area contributed by atoms with Gasteiger partial charge >= 0.3 is 0 Å². The monoisotopic (exact) mass is 407 g/mol. The van der Waals surface area contributed by atoms with E-state index in [1.807, 2.05) is 0 Å². The van der Waals surface area contributed by atoms with Crippen LogP contribution in [0.1, 0.15) is 117 Å². The molecule has 0 aromatic heterocycles. The molecule has 1 aliphatic heterocycles. The molecule has 1 aliphatic rings. The van der Waals surface area contributed by atoms with Crippen molar-refractivity contribution in [2.24, 2.45) is 4.99 Å². The lowest BCUT2D eigenvalue weighted by Crippen LogP contribution is -2.53. The van der Waals surface area contributed by atoms with E-state index < -0.39 is 0 Å². The summed E-state index contributed by atoms with van der Waals surface area (Å²) >= 11 is 0. The second kappa shape index (κ2) is 18.1. The van der Waals surface area contributed by atoms with Crippen molar-refractivity contribution in [3.8, 4) is 0 Å². The van der Waals surface area contributed by atoms with Crippen LogP contribution in [0.2, 0.25) is 0 Å². The molecular weight excluding hydrogens is 356 g/mol. The summed E-state index contributed by atoms with van der Waals surface area (Å²) in [5, 5.41) is 9.39. The Kier molecular flexibility index (Phi) is 16.5. The molecule has 0 saturated heterocycles. The summed E-state index contributed by atoms with van der Waals surface area (Å²) in [4.78, 5) is 4.72. The van der Waals surface area contributed by atoms with Crippen molar-refractivity contribution in [2.45, 2.75) is 123 Å². The second-order valence-electron chi connectivity index (χ2n) is 9.06. The summed E-state index contributed by atoms with van der Waals surface area (Å²) < 4.78 is 0.977. The summed E-state index contributed by atoms with van der Waals surface area (Å²) in [6, 6.07) is 0. The van der Waals surface area contributed by atoms with Crippen LogP contribution in [0.4, 0.5) is 0 Å². The first-order valence-electron chi connectivity index (χ1n) is 12.9. The number of unbranched alkanes of at least 4 members (excludes halogenated alkanes) is 13. The normalized spacial score (nSPS) is 21.6. The van der Waals surface area contributed by atoms with Crippen molar-refractivity contribution < 1.29 is 9.59 Å². The summed E-state index contributed by atoms with van der Waals surface area (Å²) in [6.07, 6.45) is 29.0. The SMILES string of the molecule is CCCCCC/C=C/CCCCCCCCCCCC1N=CC[N+]1(CC)CCO. The molecule has 0 aromatic carbocycles. The standard InChI is InChI=1S/C26H51N2O/c1-3-5-6-7-8-9-10-11-12-13-14-15-16-17-18-19-20-21-26-27-22-23-28(26,4-2)24-25-29/h9-10,22,26,29H,3-8,11-21,23-25H2,1-2H3/q+1/b10-9+. The molecule has 1 rings (SSSR count). The van der Waals surface area contributed by atoms with Crippen LogP contribution in [0.3, 0.4) is 0 Å². The van der Waals surface area contributed by atoms with Crippen LogP contribution in [-0.2, 0) is 0 Å². The number of aliphatic hydroxyl groups excluding tert-OH is 1. The van der Waals surface area contributed by atoms with Crippen molar-refractivity contribution >= 4 is 6.21 Å². The van der Waals surface area contributed by atoms with Crippen LogP contribution < -0.4 is 0 Å². The van der Waals surface area contributed by atoms with Gasteiger partial charge in [0.05, 0.1) is 19.4 Å². The van der Waals surface area contributed by atoms with Gasteiger partial charge in [-0.05, 0) is 39.0 Å². The van der Waals surface area contributed by atoms with Crippen LogP contribution in [-0.4, -0.2) is 48.2 Å². The first-order valence-corrected chi connectivity index (χ1v) is 12.9. The lowest BCUT2D eigenvalue weighted by atomic mass is 10.0. The lowest BCUT2D eigenvalue weighted by molar-refractivity contribution is -0.936. The molecule has 0 aliphatic carbocycles. The molecule has 0 bridgehead atoms. The van der Waals surface area contributed by atoms with Crippen LogP contribution in [0.5, 0.6) is 0 Å². The highest BCUT2D eigenvalue weighted by molar-refractivity contribution is 5.60. The molecule has 2 unspecified atom stereocenters. The maximum atomic E-state index is 9.39. The van der Waals surface area contributed by atoms with Crippen molar-refractivity contribution in [3.63, 3.8) is 0 Å². The molecule has 29 heavy (non-hydrogen) atoms. The molecule has 1 heterocycles. The van der Waals surface area contributed by atoms with E-state index in [9.17, 15) is 5.11 Å². The number of hydrogen-bond donors (Lipinski definition) is 1. The van der Waals surface area contributed by atoms with E-state index in [0.29, 0.717) is 6.17 Å². The predicted octanol–water partition coefficient (Wildman–Crippen LogP) is 7.04. The van der Waals surface area contributed by atoms with Crippen LogP contribution >= 0.6 is 0 Å². The summed E-state index contributed by atoms with van der Waals surface area (Å²) in [6.45, 7) is 7.75. The molecule has 0 aromatic rings. The number of aliphatic hydroxyl groups is 1. The molecule has 2 atom stereocenters. The van der Waals surface area contributed by atoms with Gasteiger partial charge in [-0.15, -0.1) is 0 Å². The smallest absolute Gasteiger partial charge is 0.182 e. The maximum Gasteiger partial charge on any atom is 0.182 e. The van der Waals surface area contributed by atoms with E-state index in [2.05, 4.69) is 32.2 Å². The molecule has 0 radical (unpaired) electrons.